The van der Waals surface area contributed by atoms with Crippen molar-refractivity contribution in [3.05, 3.63) is 47.3 Å². The van der Waals surface area contributed by atoms with Crippen LogP contribution in [0.5, 0.6) is 0 Å². The van der Waals surface area contributed by atoms with E-state index < -0.39 is 0 Å². The zero-order chi connectivity index (χ0) is 12.5. The maximum absolute atomic E-state index is 5.74. The van der Waals surface area contributed by atoms with Crippen LogP contribution < -0.4 is 11.1 Å². The Labute approximate surface area is 106 Å². The average Bonchev–Trinajstić information content (AvgIpc) is 2.72. The van der Waals surface area contributed by atoms with E-state index >= 15 is 0 Å². The largest absolute Gasteiger partial charge is 0.384 e. The highest BCUT2D eigenvalue weighted by Gasteiger charge is 2.21. The standard InChI is InChI=1S/C14H16N4/c1-9-16-13(15)8-14(17-9)18-12-7-6-10-4-2-3-5-11(10)12/h2-5,8,12H,6-7H2,1H3,(H3,15,16,17,18)/t12-/m0/s1. The number of nitrogens with one attached hydrogen (secondary N) is 1. The lowest BCUT2D eigenvalue weighted by Crippen LogP contribution is -2.10. The summed E-state index contributed by atoms with van der Waals surface area (Å²) in [6, 6.07) is 10.7. The van der Waals surface area contributed by atoms with E-state index in [0.29, 0.717) is 17.7 Å². The van der Waals surface area contributed by atoms with E-state index in [1.54, 1.807) is 6.07 Å². The molecule has 3 N–H and O–H groups in total. The quantitative estimate of drug-likeness (QED) is 0.846. The van der Waals surface area contributed by atoms with Crippen LogP contribution in [-0.4, -0.2) is 9.97 Å². The van der Waals surface area contributed by atoms with E-state index in [9.17, 15) is 0 Å². The van der Waals surface area contributed by atoms with Gasteiger partial charge in [-0.05, 0) is 30.9 Å². The molecule has 1 aromatic carbocycles. The third-order valence-corrected chi connectivity index (χ3v) is 3.31. The van der Waals surface area contributed by atoms with E-state index in [1.165, 1.54) is 11.1 Å². The van der Waals surface area contributed by atoms with Crippen LogP contribution in [0.1, 0.15) is 29.4 Å². The molecule has 0 amide bonds. The minimum absolute atomic E-state index is 0.329. The molecule has 1 aliphatic carbocycles. The summed E-state index contributed by atoms with van der Waals surface area (Å²) in [7, 11) is 0. The summed E-state index contributed by atoms with van der Waals surface area (Å²) >= 11 is 0. The topological polar surface area (TPSA) is 63.8 Å². The fourth-order valence-electron chi connectivity index (χ4n) is 2.55. The second-order valence-electron chi connectivity index (χ2n) is 4.66. The molecule has 0 saturated heterocycles. The molecule has 1 heterocycles. The van der Waals surface area contributed by atoms with Gasteiger partial charge < -0.3 is 11.1 Å². The second-order valence-corrected chi connectivity index (χ2v) is 4.66. The lowest BCUT2D eigenvalue weighted by Gasteiger charge is -2.15. The van der Waals surface area contributed by atoms with Crippen molar-refractivity contribution < 1.29 is 0 Å². The number of fused-ring (bicyclic) bond motifs is 1. The van der Waals surface area contributed by atoms with Crippen molar-refractivity contribution in [1.29, 1.82) is 0 Å². The number of nitrogen functional groups attached to an aromatic ring is 1. The predicted molar refractivity (Wildman–Crippen MR) is 72.3 cm³/mol. The van der Waals surface area contributed by atoms with Gasteiger partial charge in [0.05, 0.1) is 6.04 Å². The SMILES string of the molecule is Cc1nc(N)cc(N[C@H]2CCc3ccccc32)n1. The maximum Gasteiger partial charge on any atom is 0.132 e. The van der Waals surface area contributed by atoms with Crippen molar-refractivity contribution in [3.8, 4) is 0 Å². The lowest BCUT2D eigenvalue weighted by molar-refractivity contribution is 0.755. The first kappa shape index (κ1) is 11.0. The number of benzene rings is 1. The Morgan fingerprint density at radius 3 is 2.94 bits per heavy atom. The molecule has 0 spiro atoms. The highest BCUT2D eigenvalue weighted by molar-refractivity contribution is 5.48. The first-order chi connectivity index (χ1) is 8.72. The Morgan fingerprint density at radius 2 is 2.11 bits per heavy atom. The molecule has 0 aliphatic heterocycles. The van der Waals surface area contributed by atoms with Gasteiger partial charge in [-0.1, -0.05) is 24.3 Å². The number of anilines is 2. The Kier molecular flexibility index (Phi) is 2.63. The summed E-state index contributed by atoms with van der Waals surface area (Å²) in [5.41, 5.74) is 8.53. The number of nitrogens with zero attached hydrogens (tertiary/aromatic N) is 2. The zero-order valence-corrected chi connectivity index (χ0v) is 10.4. The van der Waals surface area contributed by atoms with E-state index in [1.807, 2.05) is 6.92 Å². The summed E-state index contributed by atoms with van der Waals surface area (Å²) in [6.07, 6.45) is 2.22. The molecule has 0 radical (unpaired) electrons. The monoisotopic (exact) mass is 240 g/mol. The minimum Gasteiger partial charge on any atom is -0.384 e. The van der Waals surface area contributed by atoms with Crippen molar-refractivity contribution >= 4 is 11.6 Å². The number of hydrogen-bond acceptors (Lipinski definition) is 4. The third kappa shape index (κ3) is 2.01. The van der Waals surface area contributed by atoms with Crippen LogP contribution in [0.4, 0.5) is 11.6 Å². The molecule has 0 bridgehead atoms. The Morgan fingerprint density at radius 1 is 1.28 bits per heavy atom. The van der Waals surface area contributed by atoms with Crippen LogP contribution in [0.2, 0.25) is 0 Å². The van der Waals surface area contributed by atoms with Gasteiger partial charge in [0, 0.05) is 6.07 Å². The molecule has 4 nitrogen and oxygen atoms in total. The predicted octanol–water partition coefficient (Wildman–Crippen LogP) is 2.47. The molecule has 1 aliphatic rings. The van der Waals surface area contributed by atoms with Crippen LogP contribution in [-0.2, 0) is 6.42 Å². The summed E-state index contributed by atoms with van der Waals surface area (Å²) in [5, 5.41) is 3.45. The zero-order valence-electron chi connectivity index (χ0n) is 10.4. The van der Waals surface area contributed by atoms with Crippen molar-refractivity contribution in [3.63, 3.8) is 0 Å². The van der Waals surface area contributed by atoms with E-state index in [0.717, 1.165) is 18.7 Å². The van der Waals surface area contributed by atoms with Crippen LogP contribution in [0.25, 0.3) is 0 Å². The molecule has 92 valence electrons. The van der Waals surface area contributed by atoms with Gasteiger partial charge in [-0.15, -0.1) is 0 Å². The fraction of sp³-hybridized carbons (Fsp3) is 0.286. The van der Waals surface area contributed by atoms with Gasteiger partial charge in [-0.3, -0.25) is 0 Å². The molecule has 18 heavy (non-hydrogen) atoms. The summed E-state index contributed by atoms with van der Waals surface area (Å²) in [6.45, 7) is 1.85. The molecular formula is C14H16N4. The molecule has 0 unspecified atom stereocenters. The molecule has 3 rings (SSSR count). The molecule has 1 aromatic heterocycles. The van der Waals surface area contributed by atoms with E-state index in [2.05, 4.69) is 39.6 Å². The van der Waals surface area contributed by atoms with Crippen LogP contribution in [0.15, 0.2) is 30.3 Å². The highest BCUT2D eigenvalue weighted by Crippen LogP contribution is 2.33. The summed E-state index contributed by atoms with van der Waals surface area (Å²) in [4.78, 5) is 8.45. The molecule has 1 atom stereocenters. The number of rotatable bonds is 2. The number of aromatic nitrogens is 2. The first-order valence-electron chi connectivity index (χ1n) is 6.18. The second kappa shape index (κ2) is 4.29. The number of hydrogen-bond donors (Lipinski definition) is 2. The number of nitrogens with two attached hydrogens (primary N) is 1. The van der Waals surface area contributed by atoms with E-state index in [-0.39, 0.29) is 0 Å². The molecule has 4 heteroatoms. The van der Waals surface area contributed by atoms with Gasteiger partial charge in [0.25, 0.3) is 0 Å². The van der Waals surface area contributed by atoms with Crippen LogP contribution in [0, 0.1) is 6.92 Å². The van der Waals surface area contributed by atoms with Crippen molar-refractivity contribution in [2.24, 2.45) is 0 Å². The van der Waals surface area contributed by atoms with Gasteiger partial charge >= 0.3 is 0 Å². The van der Waals surface area contributed by atoms with E-state index in [4.69, 9.17) is 5.73 Å². The molecule has 2 aromatic rings. The van der Waals surface area contributed by atoms with Crippen molar-refractivity contribution in [1.82, 2.24) is 9.97 Å². The normalized spacial score (nSPS) is 17.5. The molecule has 0 fully saturated rings. The van der Waals surface area contributed by atoms with Crippen LogP contribution in [0.3, 0.4) is 0 Å². The molecular weight excluding hydrogens is 224 g/mol. The highest BCUT2D eigenvalue weighted by atomic mass is 15.1. The Balaban J connectivity index is 1.86. The Hall–Kier alpha value is -2.10. The van der Waals surface area contributed by atoms with Gasteiger partial charge in [0.2, 0.25) is 0 Å². The first-order valence-corrected chi connectivity index (χ1v) is 6.18. The van der Waals surface area contributed by atoms with Crippen molar-refractivity contribution in [2.45, 2.75) is 25.8 Å². The minimum atomic E-state index is 0.329. The third-order valence-electron chi connectivity index (χ3n) is 3.31. The van der Waals surface area contributed by atoms with Gasteiger partial charge in [0.1, 0.15) is 17.5 Å². The van der Waals surface area contributed by atoms with Crippen LogP contribution >= 0.6 is 0 Å². The maximum atomic E-state index is 5.74. The smallest absolute Gasteiger partial charge is 0.132 e. The fourth-order valence-corrected chi connectivity index (χ4v) is 2.55. The average molecular weight is 240 g/mol. The Bertz CT molecular complexity index is 560. The van der Waals surface area contributed by atoms with Crippen molar-refractivity contribution in [2.75, 3.05) is 11.1 Å². The lowest BCUT2D eigenvalue weighted by atomic mass is 10.1. The molecule has 0 saturated carbocycles. The van der Waals surface area contributed by atoms with Gasteiger partial charge in [-0.25, -0.2) is 9.97 Å². The summed E-state index contributed by atoms with van der Waals surface area (Å²) in [5.74, 6) is 2.02. The summed E-state index contributed by atoms with van der Waals surface area (Å²) < 4.78 is 0. The number of aryl methyl sites for hydroxylation is 2. The van der Waals surface area contributed by atoms with Gasteiger partial charge in [-0.2, -0.15) is 0 Å². The van der Waals surface area contributed by atoms with Gasteiger partial charge in [0.15, 0.2) is 0 Å².